The average Bonchev–Trinajstić information content (AvgIpc) is 3.16. The second-order valence-electron chi connectivity index (χ2n) is 9.59. The van der Waals surface area contributed by atoms with Crippen LogP contribution in [0.25, 0.3) is 0 Å². The Bertz CT molecular complexity index is 982. The summed E-state index contributed by atoms with van der Waals surface area (Å²) < 4.78 is 89.8. The van der Waals surface area contributed by atoms with E-state index in [1.165, 1.54) is 0 Å². The Kier molecular flexibility index (Phi) is 7.74. The summed E-state index contributed by atoms with van der Waals surface area (Å²) in [4.78, 5) is 14.1. The Morgan fingerprint density at radius 3 is 2.00 bits per heavy atom. The van der Waals surface area contributed by atoms with Gasteiger partial charge in [0.05, 0.1) is 24.3 Å². The highest BCUT2D eigenvalue weighted by Crippen LogP contribution is 2.37. The van der Waals surface area contributed by atoms with Crippen molar-refractivity contribution in [1.29, 1.82) is 0 Å². The summed E-state index contributed by atoms with van der Waals surface area (Å²) >= 11 is 0. The third-order valence-electron chi connectivity index (χ3n) is 5.57. The van der Waals surface area contributed by atoms with Crippen LogP contribution in [0.4, 0.5) is 31.1 Å². The van der Waals surface area contributed by atoms with Gasteiger partial charge in [-0.2, -0.15) is 26.3 Å². The van der Waals surface area contributed by atoms with Crippen LogP contribution in [0.15, 0.2) is 48.5 Å². The molecule has 10 heteroatoms. The van der Waals surface area contributed by atoms with Gasteiger partial charge in [0.2, 0.25) is 0 Å². The Labute approximate surface area is 199 Å². The number of hydrogen-bond donors (Lipinski definition) is 0. The zero-order chi connectivity index (χ0) is 26.0. The number of hydrogen-bond acceptors (Lipinski definition) is 3. The van der Waals surface area contributed by atoms with Crippen molar-refractivity contribution in [3.8, 4) is 0 Å². The minimum absolute atomic E-state index is 0.0382. The van der Waals surface area contributed by atoms with Gasteiger partial charge in [0, 0.05) is 24.9 Å². The molecular weight excluding hydrogens is 476 g/mol. The minimum Gasteiger partial charge on any atom is -0.444 e. The first-order chi connectivity index (χ1) is 16.1. The van der Waals surface area contributed by atoms with E-state index in [2.05, 4.69) is 0 Å². The highest BCUT2D eigenvalue weighted by Gasteiger charge is 2.39. The molecule has 2 atom stereocenters. The molecule has 0 unspecified atom stereocenters. The van der Waals surface area contributed by atoms with E-state index in [0.717, 1.165) is 5.56 Å². The molecule has 0 radical (unpaired) electrons. The Morgan fingerprint density at radius 1 is 0.914 bits per heavy atom. The molecule has 1 amide bonds. The monoisotopic (exact) mass is 503 g/mol. The number of benzene rings is 2. The number of rotatable bonds is 5. The molecule has 4 nitrogen and oxygen atoms in total. The van der Waals surface area contributed by atoms with Crippen molar-refractivity contribution < 1.29 is 40.6 Å². The Hall–Kier alpha value is -2.75. The summed E-state index contributed by atoms with van der Waals surface area (Å²) in [6.45, 7) is 5.50. The second-order valence-corrected chi connectivity index (χ2v) is 9.59. The van der Waals surface area contributed by atoms with Gasteiger partial charge in [-0.05, 0) is 50.1 Å². The van der Waals surface area contributed by atoms with Crippen LogP contribution in [-0.4, -0.2) is 36.3 Å². The van der Waals surface area contributed by atoms with Crippen molar-refractivity contribution in [3.05, 3.63) is 70.8 Å². The van der Waals surface area contributed by atoms with E-state index in [1.54, 1.807) is 25.7 Å². The highest BCUT2D eigenvalue weighted by molar-refractivity contribution is 5.68. The van der Waals surface area contributed by atoms with E-state index in [4.69, 9.17) is 9.47 Å². The Balaban J connectivity index is 1.75. The lowest BCUT2D eigenvalue weighted by molar-refractivity contribution is -0.143. The number of alkyl halides is 6. The molecule has 1 aliphatic rings. The molecule has 0 spiro atoms. The van der Waals surface area contributed by atoms with Crippen LogP contribution < -0.4 is 0 Å². The van der Waals surface area contributed by atoms with Crippen molar-refractivity contribution in [2.75, 3.05) is 19.7 Å². The first-order valence-corrected chi connectivity index (χ1v) is 11.0. The lowest BCUT2D eigenvalue weighted by Crippen LogP contribution is -2.35. The van der Waals surface area contributed by atoms with Gasteiger partial charge >= 0.3 is 18.4 Å². The average molecular weight is 503 g/mol. The van der Waals surface area contributed by atoms with Gasteiger partial charge in [0.15, 0.2) is 0 Å². The maximum absolute atomic E-state index is 13.1. The molecule has 0 N–H and O–H groups in total. The number of ether oxygens (including phenoxy) is 2. The number of carbonyl (C=O) groups is 1. The second kappa shape index (κ2) is 10.1. The summed E-state index contributed by atoms with van der Waals surface area (Å²) in [5.41, 5.74) is -2.74. The maximum Gasteiger partial charge on any atom is 0.416 e. The van der Waals surface area contributed by atoms with Gasteiger partial charge in [-0.3, -0.25) is 0 Å². The molecule has 2 aromatic carbocycles. The van der Waals surface area contributed by atoms with Crippen LogP contribution in [0, 0.1) is 5.92 Å². The third kappa shape index (κ3) is 7.37. The molecule has 192 valence electrons. The summed E-state index contributed by atoms with van der Waals surface area (Å²) in [6.07, 6.45) is -10.3. The zero-order valence-electron chi connectivity index (χ0n) is 19.5. The summed E-state index contributed by atoms with van der Waals surface area (Å²) in [7, 11) is 0. The van der Waals surface area contributed by atoms with E-state index in [1.807, 2.05) is 30.3 Å². The van der Waals surface area contributed by atoms with E-state index in [0.29, 0.717) is 18.7 Å². The summed E-state index contributed by atoms with van der Waals surface area (Å²) in [6, 6.07) is 10.8. The molecule has 1 heterocycles. The smallest absolute Gasteiger partial charge is 0.416 e. The number of carbonyl (C=O) groups excluding carboxylic acids is 1. The molecule has 35 heavy (non-hydrogen) atoms. The largest absolute Gasteiger partial charge is 0.444 e. The van der Waals surface area contributed by atoms with Gasteiger partial charge in [-0.25, -0.2) is 4.79 Å². The topological polar surface area (TPSA) is 38.8 Å². The molecule has 2 aromatic rings. The number of likely N-dealkylation sites (tertiary alicyclic amines) is 1. The van der Waals surface area contributed by atoms with Crippen molar-refractivity contribution in [2.24, 2.45) is 5.92 Å². The lowest BCUT2D eigenvalue weighted by Gasteiger charge is -2.24. The van der Waals surface area contributed by atoms with Crippen molar-refractivity contribution >= 4 is 6.09 Å². The van der Waals surface area contributed by atoms with Crippen LogP contribution in [-0.2, 0) is 28.4 Å². The molecule has 1 saturated heterocycles. The first-order valence-electron chi connectivity index (χ1n) is 11.0. The molecule has 1 fully saturated rings. The molecular formula is C25H27F6NO3. The van der Waals surface area contributed by atoms with E-state index >= 15 is 0 Å². The number of halogens is 6. The van der Waals surface area contributed by atoms with Crippen molar-refractivity contribution in [1.82, 2.24) is 4.90 Å². The van der Waals surface area contributed by atoms with Gasteiger partial charge in [0.1, 0.15) is 5.60 Å². The Morgan fingerprint density at radius 2 is 1.49 bits per heavy atom. The molecule has 0 aliphatic carbocycles. The zero-order valence-corrected chi connectivity index (χ0v) is 19.5. The minimum atomic E-state index is -4.92. The number of nitrogens with zero attached hydrogens (tertiary/aromatic N) is 1. The maximum atomic E-state index is 13.1. The summed E-state index contributed by atoms with van der Waals surface area (Å²) in [5.74, 6) is -0.353. The van der Waals surface area contributed by atoms with E-state index < -0.39 is 41.8 Å². The predicted molar refractivity (Wildman–Crippen MR) is 117 cm³/mol. The van der Waals surface area contributed by atoms with Crippen molar-refractivity contribution in [2.45, 2.75) is 51.2 Å². The van der Waals surface area contributed by atoms with Crippen LogP contribution in [0.1, 0.15) is 48.9 Å². The van der Waals surface area contributed by atoms with Crippen LogP contribution in [0.2, 0.25) is 0 Å². The van der Waals surface area contributed by atoms with Crippen LogP contribution in [0.5, 0.6) is 0 Å². The predicted octanol–water partition coefficient (Wildman–Crippen LogP) is 6.89. The van der Waals surface area contributed by atoms with E-state index in [-0.39, 0.29) is 36.6 Å². The normalized spacial score (nSPS) is 19.2. The first kappa shape index (κ1) is 26.8. The van der Waals surface area contributed by atoms with Crippen molar-refractivity contribution in [3.63, 3.8) is 0 Å². The fourth-order valence-electron chi connectivity index (χ4n) is 4.02. The molecule has 1 aliphatic heterocycles. The summed E-state index contributed by atoms with van der Waals surface area (Å²) in [5, 5.41) is 0. The quantitative estimate of drug-likeness (QED) is 0.417. The van der Waals surface area contributed by atoms with E-state index in [9.17, 15) is 31.1 Å². The standard InChI is InChI=1S/C25H27F6NO3/c1-23(2,3)35-22(33)32-12-18(21(13-32)17-7-5-4-6-8-17)15-34-14-16-9-19(24(26,27)28)11-20(10-16)25(29,30)31/h4-11,18,21H,12-15H2,1-3H3/t18-,21-/m1/s1. The van der Waals surface area contributed by atoms with Gasteiger partial charge in [0.25, 0.3) is 0 Å². The SMILES string of the molecule is CC(C)(C)OC(=O)N1C[C@H](COCc2cc(C(F)(F)F)cc(C(F)(F)F)c2)[C@@H](c2ccccc2)C1. The molecule has 3 rings (SSSR count). The molecule has 0 saturated carbocycles. The fourth-order valence-corrected chi connectivity index (χ4v) is 4.02. The molecule has 0 bridgehead atoms. The van der Waals surface area contributed by atoms with Crippen LogP contribution in [0.3, 0.4) is 0 Å². The van der Waals surface area contributed by atoms with Gasteiger partial charge in [-0.15, -0.1) is 0 Å². The van der Waals surface area contributed by atoms with Gasteiger partial charge < -0.3 is 14.4 Å². The van der Waals surface area contributed by atoms with Gasteiger partial charge in [-0.1, -0.05) is 30.3 Å². The third-order valence-corrected chi connectivity index (χ3v) is 5.57. The fraction of sp³-hybridized carbons (Fsp3) is 0.480. The lowest BCUT2D eigenvalue weighted by atomic mass is 9.89. The molecule has 0 aromatic heterocycles. The van der Waals surface area contributed by atoms with Crippen LogP contribution >= 0.6 is 0 Å². The highest BCUT2D eigenvalue weighted by atomic mass is 19.4. The number of amides is 1.